The zero-order valence-corrected chi connectivity index (χ0v) is 11.7. The number of hydrogen-bond acceptors (Lipinski definition) is 4. The molecule has 0 amide bonds. The number of benzene rings is 1. The molecule has 2 aromatic rings. The number of carbonyl (C=O) groups is 1. The molecule has 1 heterocycles. The molecule has 0 saturated heterocycles. The van der Waals surface area contributed by atoms with Crippen molar-refractivity contribution >= 4 is 11.7 Å². The Morgan fingerprint density at radius 2 is 2.10 bits per heavy atom. The van der Waals surface area contributed by atoms with E-state index in [9.17, 15) is 14.9 Å². The Hall–Kier alpha value is -2.70. The van der Waals surface area contributed by atoms with E-state index in [-0.39, 0.29) is 11.3 Å². The minimum absolute atomic E-state index is 0.177. The van der Waals surface area contributed by atoms with E-state index in [2.05, 4.69) is 5.10 Å². The van der Waals surface area contributed by atoms with E-state index in [1.807, 2.05) is 19.9 Å². The van der Waals surface area contributed by atoms with Crippen molar-refractivity contribution in [3.63, 3.8) is 0 Å². The molecule has 0 saturated carbocycles. The number of carboxylic acids is 1. The van der Waals surface area contributed by atoms with Crippen molar-refractivity contribution in [3.8, 4) is 5.69 Å². The van der Waals surface area contributed by atoms with Crippen LogP contribution in [0.5, 0.6) is 0 Å². The van der Waals surface area contributed by atoms with Gasteiger partial charge < -0.3 is 5.11 Å². The van der Waals surface area contributed by atoms with Crippen LogP contribution in [0.4, 0.5) is 5.69 Å². The number of aromatic carboxylic acids is 1. The van der Waals surface area contributed by atoms with Gasteiger partial charge in [-0.3, -0.25) is 10.1 Å². The summed E-state index contributed by atoms with van der Waals surface area (Å²) in [7, 11) is 0. The van der Waals surface area contributed by atoms with E-state index < -0.39 is 16.6 Å². The number of nitrogens with zero attached hydrogens (tertiary/aromatic N) is 3. The van der Waals surface area contributed by atoms with Crippen LogP contribution in [-0.2, 0) is 12.8 Å². The molecule has 7 nitrogen and oxygen atoms in total. The van der Waals surface area contributed by atoms with Crippen LogP contribution in [0.1, 0.15) is 35.6 Å². The van der Waals surface area contributed by atoms with Crippen molar-refractivity contribution in [3.05, 3.63) is 51.3 Å². The van der Waals surface area contributed by atoms with Gasteiger partial charge in [0.1, 0.15) is 11.3 Å². The Balaban J connectivity index is 2.74. The lowest BCUT2D eigenvalue weighted by atomic mass is 10.1. The van der Waals surface area contributed by atoms with E-state index in [1.54, 1.807) is 0 Å². The van der Waals surface area contributed by atoms with Gasteiger partial charge in [0.05, 0.1) is 10.6 Å². The van der Waals surface area contributed by atoms with Crippen LogP contribution in [0.2, 0.25) is 0 Å². The maximum absolute atomic E-state index is 11.3. The first kappa shape index (κ1) is 14.7. The van der Waals surface area contributed by atoms with Crippen LogP contribution in [0.25, 0.3) is 5.69 Å². The highest BCUT2D eigenvalue weighted by atomic mass is 16.6. The van der Waals surface area contributed by atoms with Crippen LogP contribution in [0, 0.1) is 10.1 Å². The summed E-state index contributed by atoms with van der Waals surface area (Å²) in [6, 6.07) is 6.09. The van der Waals surface area contributed by atoms with Gasteiger partial charge in [-0.25, -0.2) is 9.48 Å². The van der Waals surface area contributed by atoms with Gasteiger partial charge in [0.2, 0.25) is 0 Å². The SMILES string of the molecule is CCc1cc(CC)n(-c2cccc(C(=O)O)c2[N+](=O)[O-])n1. The second-order valence-electron chi connectivity index (χ2n) is 4.48. The van der Waals surface area contributed by atoms with Gasteiger partial charge in [0, 0.05) is 5.69 Å². The smallest absolute Gasteiger partial charge is 0.342 e. The zero-order chi connectivity index (χ0) is 15.6. The molecule has 21 heavy (non-hydrogen) atoms. The fraction of sp³-hybridized carbons (Fsp3) is 0.286. The van der Waals surface area contributed by atoms with E-state index in [1.165, 1.54) is 22.9 Å². The lowest BCUT2D eigenvalue weighted by Gasteiger charge is -2.08. The molecule has 7 heteroatoms. The number of aryl methyl sites for hydroxylation is 2. The van der Waals surface area contributed by atoms with E-state index >= 15 is 0 Å². The Morgan fingerprint density at radius 3 is 2.62 bits per heavy atom. The Kier molecular flexibility index (Phi) is 4.02. The minimum atomic E-state index is -1.33. The molecule has 0 aliphatic heterocycles. The molecule has 0 aliphatic rings. The topological polar surface area (TPSA) is 98.3 Å². The highest BCUT2D eigenvalue weighted by Crippen LogP contribution is 2.28. The van der Waals surface area contributed by atoms with E-state index in [0.717, 1.165) is 11.4 Å². The third-order valence-corrected chi connectivity index (χ3v) is 3.21. The van der Waals surface area contributed by atoms with Crippen molar-refractivity contribution in [1.82, 2.24) is 9.78 Å². The van der Waals surface area contributed by atoms with E-state index in [0.29, 0.717) is 12.8 Å². The summed E-state index contributed by atoms with van der Waals surface area (Å²) in [4.78, 5) is 21.8. The third kappa shape index (κ3) is 2.62. The zero-order valence-electron chi connectivity index (χ0n) is 11.7. The molecule has 110 valence electrons. The number of aromatic nitrogens is 2. The summed E-state index contributed by atoms with van der Waals surface area (Å²) in [6.45, 7) is 3.86. The first-order chi connectivity index (χ1) is 9.99. The summed E-state index contributed by atoms with van der Waals surface area (Å²) in [5, 5.41) is 24.8. The summed E-state index contributed by atoms with van der Waals surface area (Å²) in [6.07, 6.45) is 1.34. The Bertz CT molecular complexity index is 706. The number of carboxylic acid groups (broad SMARTS) is 1. The minimum Gasteiger partial charge on any atom is -0.477 e. The molecule has 1 aromatic heterocycles. The summed E-state index contributed by atoms with van der Waals surface area (Å²) in [5.41, 5.74) is 1.01. The van der Waals surface area contributed by atoms with Gasteiger partial charge in [-0.05, 0) is 31.0 Å². The molecule has 1 aromatic carbocycles. The first-order valence-electron chi connectivity index (χ1n) is 6.58. The molecule has 1 N–H and O–H groups in total. The van der Waals surface area contributed by atoms with Gasteiger partial charge >= 0.3 is 11.7 Å². The predicted octanol–water partition coefficient (Wildman–Crippen LogP) is 2.60. The maximum atomic E-state index is 11.3. The first-order valence-corrected chi connectivity index (χ1v) is 6.58. The third-order valence-electron chi connectivity index (χ3n) is 3.21. The summed E-state index contributed by atoms with van der Waals surface area (Å²) < 4.78 is 1.46. The highest BCUT2D eigenvalue weighted by molar-refractivity contribution is 5.94. The molecule has 0 atom stereocenters. The van der Waals surface area contributed by atoms with Crippen LogP contribution < -0.4 is 0 Å². The second kappa shape index (κ2) is 5.74. The predicted molar refractivity (Wildman–Crippen MR) is 75.9 cm³/mol. The van der Waals surface area contributed by atoms with Crippen LogP contribution in [0.3, 0.4) is 0 Å². The molecular weight excluding hydrogens is 274 g/mol. The number of rotatable bonds is 5. The lowest BCUT2D eigenvalue weighted by molar-refractivity contribution is -0.385. The van der Waals surface area contributed by atoms with Crippen LogP contribution in [0.15, 0.2) is 24.3 Å². The van der Waals surface area contributed by atoms with Gasteiger partial charge in [0.25, 0.3) is 0 Å². The lowest BCUT2D eigenvalue weighted by Crippen LogP contribution is -2.10. The summed E-state index contributed by atoms with van der Waals surface area (Å²) in [5.74, 6) is -1.33. The molecule has 2 rings (SSSR count). The number of hydrogen-bond donors (Lipinski definition) is 1. The molecule has 0 bridgehead atoms. The van der Waals surface area contributed by atoms with Crippen molar-refractivity contribution in [2.45, 2.75) is 26.7 Å². The summed E-state index contributed by atoms with van der Waals surface area (Å²) >= 11 is 0. The number of nitro benzene ring substituents is 1. The van der Waals surface area contributed by atoms with Crippen molar-refractivity contribution in [2.24, 2.45) is 0 Å². The Labute approximate surface area is 121 Å². The number of para-hydroxylation sites is 1. The highest BCUT2D eigenvalue weighted by Gasteiger charge is 2.26. The standard InChI is InChI=1S/C14H15N3O4/c1-3-9-8-10(4-2)16(15-9)12-7-5-6-11(14(18)19)13(12)17(20)21/h5-8H,3-4H2,1-2H3,(H,18,19). The van der Waals surface area contributed by atoms with Crippen LogP contribution in [-0.4, -0.2) is 25.8 Å². The number of nitro groups is 1. The second-order valence-corrected chi connectivity index (χ2v) is 4.48. The van der Waals surface area contributed by atoms with Gasteiger partial charge in [-0.15, -0.1) is 0 Å². The molecule has 0 unspecified atom stereocenters. The van der Waals surface area contributed by atoms with Crippen molar-refractivity contribution in [2.75, 3.05) is 0 Å². The van der Waals surface area contributed by atoms with Crippen molar-refractivity contribution in [1.29, 1.82) is 0 Å². The molecule has 0 radical (unpaired) electrons. The van der Waals surface area contributed by atoms with Crippen LogP contribution >= 0.6 is 0 Å². The van der Waals surface area contributed by atoms with Gasteiger partial charge in [-0.1, -0.05) is 19.9 Å². The molecular formula is C14H15N3O4. The quantitative estimate of drug-likeness (QED) is 0.673. The molecule has 0 fully saturated rings. The average molecular weight is 289 g/mol. The molecule has 0 aliphatic carbocycles. The normalized spacial score (nSPS) is 10.6. The monoisotopic (exact) mass is 289 g/mol. The van der Waals surface area contributed by atoms with Gasteiger partial charge in [0.15, 0.2) is 0 Å². The Morgan fingerprint density at radius 1 is 1.38 bits per heavy atom. The molecule has 0 spiro atoms. The van der Waals surface area contributed by atoms with E-state index in [4.69, 9.17) is 5.11 Å². The fourth-order valence-electron chi connectivity index (χ4n) is 2.17. The van der Waals surface area contributed by atoms with Crippen molar-refractivity contribution < 1.29 is 14.8 Å². The average Bonchev–Trinajstić information content (AvgIpc) is 2.89. The maximum Gasteiger partial charge on any atom is 0.342 e. The fourth-order valence-corrected chi connectivity index (χ4v) is 2.17. The van der Waals surface area contributed by atoms with Gasteiger partial charge in [-0.2, -0.15) is 5.10 Å². The largest absolute Gasteiger partial charge is 0.477 e.